The highest BCUT2D eigenvalue weighted by Crippen LogP contribution is 2.26. The number of nitrogens with two attached hydrogens (primary N) is 1. The van der Waals surface area contributed by atoms with Crippen molar-refractivity contribution >= 4 is 17.2 Å². The smallest absolute Gasteiger partial charge is 0.252 e. The Kier molecular flexibility index (Phi) is 5.95. The predicted molar refractivity (Wildman–Crippen MR) is 88.0 cm³/mol. The summed E-state index contributed by atoms with van der Waals surface area (Å²) in [7, 11) is 1.52. The molecule has 1 heterocycles. The second-order valence-electron chi connectivity index (χ2n) is 4.79. The van der Waals surface area contributed by atoms with Gasteiger partial charge in [0.25, 0.3) is 5.91 Å². The van der Waals surface area contributed by atoms with Crippen LogP contribution in [-0.2, 0) is 11.3 Å². The molecule has 2 aromatic rings. The van der Waals surface area contributed by atoms with Crippen molar-refractivity contribution in [1.82, 2.24) is 4.98 Å². The number of amides is 1. The fourth-order valence-electron chi connectivity index (χ4n) is 2.00. The summed E-state index contributed by atoms with van der Waals surface area (Å²) in [6, 6.07) is 4.93. The Morgan fingerprint density at radius 2 is 2.22 bits per heavy atom. The number of benzene rings is 1. The average molecular weight is 336 g/mol. The molecule has 0 saturated carbocycles. The van der Waals surface area contributed by atoms with E-state index in [0.29, 0.717) is 18.1 Å². The zero-order valence-corrected chi connectivity index (χ0v) is 14.2. The van der Waals surface area contributed by atoms with E-state index in [2.05, 4.69) is 4.98 Å². The SMILES string of the molecule is CCO[C@@H](C)c1nc(COc2ccc(OC)cc2C(N)=O)cs1. The second kappa shape index (κ2) is 7.94. The van der Waals surface area contributed by atoms with Crippen molar-refractivity contribution in [2.75, 3.05) is 13.7 Å². The van der Waals surface area contributed by atoms with E-state index in [0.717, 1.165) is 10.7 Å². The van der Waals surface area contributed by atoms with E-state index < -0.39 is 5.91 Å². The Balaban J connectivity index is 2.07. The number of nitrogens with zero attached hydrogens (tertiary/aromatic N) is 1. The number of ether oxygens (including phenoxy) is 3. The number of carbonyl (C=O) groups is 1. The summed E-state index contributed by atoms with van der Waals surface area (Å²) >= 11 is 1.52. The molecule has 6 nitrogen and oxygen atoms in total. The van der Waals surface area contributed by atoms with E-state index in [-0.39, 0.29) is 18.3 Å². The number of methoxy groups -OCH3 is 1. The fraction of sp³-hybridized carbons (Fsp3) is 0.375. The van der Waals surface area contributed by atoms with E-state index in [4.69, 9.17) is 19.9 Å². The monoisotopic (exact) mass is 336 g/mol. The van der Waals surface area contributed by atoms with Crippen LogP contribution in [-0.4, -0.2) is 24.6 Å². The minimum Gasteiger partial charge on any atom is -0.497 e. The van der Waals surface area contributed by atoms with Gasteiger partial charge in [-0.1, -0.05) is 0 Å². The van der Waals surface area contributed by atoms with Crippen LogP contribution in [0.5, 0.6) is 11.5 Å². The molecule has 1 aromatic carbocycles. The Morgan fingerprint density at radius 3 is 2.87 bits per heavy atom. The van der Waals surface area contributed by atoms with Gasteiger partial charge >= 0.3 is 0 Å². The highest BCUT2D eigenvalue weighted by Gasteiger charge is 2.14. The summed E-state index contributed by atoms with van der Waals surface area (Å²) in [5.41, 5.74) is 6.44. The lowest BCUT2D eigenvalue weighted by atomic mass is 10.2. The third kappa shape index (κ3) is 4.43. The number of carbonyl (C=O) groups excluding carboxylic acids is 1. The van der Waals surface area contributed by atoms with Gasteiger partial charge in [0.2, 0.25) is 0 Å². The second-order valence-corrected chi connectivity index (χ2v) is 5.68. The summed E-state index contributed by atoms with van der Waals surface area (Å²) in [6.07, 6.45) is -0.0408. The third-order valence-electron chi connectivity index (χ3n) is 3.16. The van der Waals surface area contributed by atoms with Gasteiger partial charge < -0.3 is 19.9 Å². The molecule has 2 N–H and O–H groups in total. The highest BCUT2D eigenvalue weighted by molar-refractivity contribution is 7.09. The zero-order valence-electron chi connectivity index (χ0n) is 13.4. The van der Waals surface area contributed by atoms with Gasteiger partial charge in [0, 0.05) is 12.0 Å². The van der Waals surface area contributed by atoms with Crippen LogP contribution < -0.4 is 15.2 Å². The molecule has 2 rings (SSSR count). The maximum absolute atomic E-state index is 11.5. The van der Waals surface area contributed by atoms with Gasteiger partial charge in [-0.3, -0.25) is 4.79 Å². The Hall–Kier alpha value is -2.12. The molecule has 0 spiro atoms. The molecule has 0 unspecified atom stereocenters. The summed E-state index contributed by atoms with van der Waals surface area (Å²) in [5, 5.41) is 2.81. The maximum atomic E-state index is 11.5. The summed E-state index contributed by atoms with van der Waals surface area (Å²) < 4.78 is 16.3. The summed E-state index contributed by atoms with van der Waals surface area (Å²) in [4.78, 5) is 16.0. The molecular formula is C16H20N2O4S. The van der Waals surface area contributed by atoms with Crippen molar-refractivity contribution in [2.24, 2.45) is 5.73 Å². The minimum absolute atomic E-state index is 0.0408. The average Bonchev–Trinajstić information content (AvgIpc) is 3.02. The molecule has 7 heteroatoms. The van der Waals surface area contributed by atoms with Gasteiger partial charge in [0.05, 0.1) is 18.4 Å². The normalized spacial score (nSPS) is 12.0. The molecule has 1 atom stereocenters. The predicted octanol–water partition coefficient (Wildman–Crippen LogP) is 2.93. The third-order valence-corrected chi connectivity index (χ3v) is 4.22. The number of aromatic nitrogens is 1. The minimum atomic E-state index is -0.567. The molecule has 23 heavy (non-hydrogen) atoms. The van der Waals surface area contributed by atoms with Crippen molar-refractivity contribution < 1.29 is 19.0 Å². The standard InChI is InChI=1S/C16H20N2O4S/c1-4-21-10(2)16-18-11(9-23-16)8-22-14-6-5-12(20-3)7-13(14)15(17)19/h5-7,9-10H,4,8H2,1-3H3,(H2,17,19)/t10-/m0/s1. The number of thiazole rings is 1. The number of hydrogen-bond donors (Lipinski definition) is 1. The van der Waals surface area contributed by atoms with E-state index in [9.17, 15) is 4.79 Å². The molecule has 0 aliphatic rings. The largest absolute Gasteiger partial charge is 0.497 e. The van der Waals surface area contributed by atoms with Crippen LogP contribution in [0.4, 0.5) is 0 Å². The van der Waals surface area contributed by atoms with Crippen molar-refractivity contribution in [2.45, 2.75) is 26.6 Å². The first-order valence-electron chi connectivity index (χ1n) is 7.21. The van der Waals surface area contributed by atoms with Crippen molar-refractivity contribution in [1.29, 1.82) is 0 Å². The van der Waals surface area contributed by atoms with Crippen LogP contribution in [0.3, 0.4) is 0 Å². The van der Waals surface area contributed by atoms with Gasteiger partial charge in [-0.05, 0) is 32.0 Å². The van der Waals surface area contributed by atoms with Crippen LogP contribution in [0.15, 0.2) is 23.6 Å². The molecule has 0 aliphatic heterocycles. The molecule has 0 fully saturated rings. The van der Waals surface area contributed by atoms with Crippen molar-refractivity contribution in [3.63, 3.8) is 0 Å². The first-order chi connectivity index (χ1) is 11.0. The molecule has 0 aliphatic carbocycles. The Morgan fingerprint density at radius 1 is 1.43 bits per heavy atom. The fourth-order valence-corrected chi connectivity index (χ4v) is 2.81. The maximum Gasteiger partial charge on any atom is 0.252 e. The van der Waals surface area contributed by atoms with Gasteiger partial charge in [0.1, 0.15) is 29.2 Å². The molecule has 1 aromatic heterocycles. The van der Waals surface area contributed by atoms with Crippen LogP contribution >= 0.6 is 11.3 Å². The first-order valence-corrected chi connectivity index (χ1v) is 8.09. The number of primary amides is 1. The van der Waals surface area contributed by atoms with E-state index in [1.54, 1.807) is 18.2 Å². The van der Waals surface area contributed by atoms with Crippen molar-refractivity contribution in [3.8, 4) is 11.5 Å². The first kappa shape index (κ1) is 17.2. The van der Waals surface area contributed by atoms with Gasteiger partial charge in [-0.25, -0.2) is 4.98 Å². The highest BCUT2D eigenvalue weighted by atomic mass is 32.1. The Bertz CT molecular complexity index is 672. The van der Waals surface area contributed by atoms with Gasteiger partial charge in [-0.15, -0.1) is 11.3 Å². The van der Waals surface area contributed by atoms with E-state index >= 15 is 0 Å². The molecule has 124 valence electrons. The van der Waals surface area contributed by atoms with E-state index in [1.165, 1.54) is 18.4 Å². The lowest BCUT2D eigenvalue weighted by Crippen LogP contribution is -2.13. The molecule has 1 amide bonds. The van der Waals surface area contributed by atoms with Crippen LogP contribution in [0.1, 0.15) is 41.0 Å². The van der Waals surface area contributed by atoms with Gasteiger partial charge in [-0.2, -0.15) is 0 Å². The van der Waals surface area contributed by atoms with Crippen LogP contribution in [0.2, 0.25) is 0 Å². The molecule has 0 bridgehead atoms. The van der Waals surface area contributed by atoms with Crippen LogP contribution in [0.25, 0.3) is 0 Å². The lowest BCUT2D eigenvalue weighted by molar-refractivity contribution is 0.0760. The molecule has 0 saturated heterocycles. The summed E-state index contributed by atoms with van der Waals surface area (Å²) in [5.74, 6) is 0.390. The molecular weight excluding hydrogens is 316 g/mol. The topological polar surface area (TPSA) is 83.7 Å². The van der Waals surface area contributed by atoms with E-state index in [1.807, 2.05) is 19.2 Å². The van der Waals surface area contributed by atoms with Crippen molar-refractivity contribution in [3.05, 3.63) is 39.8 Å². The van der Waals surface area contributed by atoms with Crippen LogP contribution in [0, 0.1) is 0 Å². The van der Waals surface area contributed by atoms with Gasteiger partial charge in [0.15, 0.2) is 0 Å². The summed E-state index contributed by atoms with van der Waals surface area (Å²) in [6.45, 7) is 4.80. The number of rotatable bonds is 8. The zero-order chi connectivity index (χ0) is 16.8. The molecule has 0 radical (unpaired) electrons. The Labute approximate surface area is 139 Å². The quantitative estimate of drug-likeness (QED) is 0.801. The number of hydrogen-bond acceptors (Lipinski definition) is 6. The lowest BCUT2D eigenvalue weighted by Gasteiger charge is -2.10.